The minimum atomic E-state index is -0.322. The zero-order valence-corrected chi connectivity index (χ0v) is 12.5. The Morgan fingerprint density at radius 1 is 1.50 bits per heavy atom. The lowest BCUT2D eigenvalue weighted by molar-refractivity contribution is -0.122. The predicted molar refractivity (Wildman–Crippen MR) is 76.4 cm³/mol. The van der Waals surface area contributed by atoms with Crippen LogP contribution in [0.1, 0.15) is 32.3 Å². The summed E-state index contributed by atoms with van der Waals surface area (Å²) >= 11 is 3.39. The molecule has 2 N–H and O–H groups in total. The van der Waals surface area contributed by atoms with Gasteiger partial charge in [-0.05, 0) is 37.5 Å². The molecule has 4 heteroatoms. The minimum absolute atomic E-state index is 0.00843. The maximum absolute atomic E-state index is 12.0. The Kier molecular flexibility index (Phi) is 5.82. The lowest BCUT2D eigenvalue weighted by atomic mass is 9.94. The predicted octanol–water partition coefficient (Wildman–Crippen LogP) is 2.66. The molecule has 100 valence electrons. The van der Waals surface area contributed by atoms with Gasteiger partial charge in [-0.25, -0.2) is 0 Å². The number of aliphatic hydroxyl groups excluding tert-OH is 1. The van der Waals surface area contributed by atoms with E-state index in [2.05, 4.69) is 21.2 Å². The van der Waals surface area contributed by atoms with Gasteiger partial charge < -0.3 is 10.4 Å². The summed E-state index contributed by atoms with van der Waals surface area (Å²) in [6.45, 7) is 4.05. The molecular weight excluding hydrogens is 294 g/mol. The van der Waals surface area contributed by atoms with Gasteiger partial charge in [-0.2, -0.15) is 0 Å². The third-order valence-corrected chi connectivity index (χ3v) is 3.63. The number of nitrogens with one attached hydrogen (secondary N) is 1. The number of carbonyl (C=O) groups excluding carboxylic acids is 1. The largest absolute Gasteiger partial charge is 0.396 e. The van der Waals surface area contributed by atoms with Gasteiger partial charge >= 0.3 is 0 Å². The molecule has 0 radical (unpaired) electrons. The number of halogens is 1. The topological polar surface area (TPSA) is 49.3 Å². The molecule has 0 aliphatic rings. The molecule has 1 unspecified atom stereocenters. The van der Waals surface area contributed by atoms with Crippen molar-refractivity contribution in [2.45, 2.75) is 38.6 Å². The third-order valence-electron chi connectivity index (χ3n) is 3.14. The van der Waals surface area contributed by atoms with Crippen LogP contribution in [-0.4, -0.2) is 23.2 Å². The molecule has 0 bridgehead atoms. The number of rotatable bonds is 6. The first kappa shape index (κ1) is 15.2. The highest BCUT2D eigenvalue weighted by molar-refractivity contribution is 9.10. The second kappa shape index (κ2) is 6.90. The first-order valence-corrected chi connectivity index (χ1v) is 6.95. The lowest BCUT2D eigenvalue weighted by Gasteiger charge is -2.29. The van der Waals surface area contributed by atoms with E-state index in [1.165, 1.54) is 0 Å². The van der Waals surface area contributed by atoms with E-state index in [-0.39, 0.29) is 18.1 Å². The van der Waals surface area contributed by atoms with Gasteiger partial charge in [0, 0.05) is 16.6 Å². The van der Waals surface area contributed by atoms with E-state index in [0.717, 1.165) is 16.5 Å². The summed E-state index contributed by atoms with van der Waals surface area (Å²) in [5.41, 5.74) is 0.655. The first-order valence-electron chi connectivity index (χ1n) is 6.15. The Labute approximate surface area is 117 Å². The standard InChI is InChI=1S/C14H20BrNO2/c1-3-14(2,7-8-17)16-13(18)10-11-5-4-6-12(15)9-11/h4-6,9,17H,3,7-8,10H2,1-2H3,(H,16,18). The van der Waals surface area contributed by atoms with Crippen LogP contribution in [0, 0.1) is 0 Å². The summed E-state index contributed by atoms with van der Waals surface area (Å²) in [4.78, 5) is 12.0. The summed E-state index contributed by atoms with van der Waals surface area (Å²) in [6.07, 6.45) is 1.74. The van der Waals surface area contributed by atoms with E-state index >= 15 is 0 Å². The molecule has 0 fully saturated rings. The molecule has 1 aromatic carbocycles. The van der Waals surface area contributed by atoms with Crippen molar-refractivity contribution in [2.24, 2.45) is 0 Å². The second-order valence-electron chi connectivity index (χ2n) is 4.74. The number of hydrogen-bond acceptors (Lipinski definition) is 2. The van der Waals surface area contributed by atoms with Gasteiger partial charge in [0.05, 0.1) is 6.42 Å². The fourth-order valence-corrected chi connectivity index (χ4v) is 2.23. The molecule has 0 aliphatic heterocycles. The molecule has 1 amide bonds. The normalized spacial score (nSPS) is 14.0. The quantitative estimate of drug-likeness (QED) is 0.848. The van der Waals surface area contributed by atoms with Gasteiger partial charge in [-0.3, -0.25) is 4.79 Å². The Bertz CT molecular complexity index is 409. The smallest absolute Gasteiger partial charge is 0.224 e. The second-order valence-corrected chi connectivity index (χ2v) is 5.66. The minimum Gasteiger partial charge on any atom is -0.396 e. The highest BCUT2D eigenvalue weighted by Crippen LogP contribution is 2.15. The Hall–Kier alpha value is -0.870. The number of amides is 1. The molecule has 0 spiro atoms. The van der Waals surface area contributed by atoms with Crippen molar-refractivity contribution >= 4 is 21.8 Å². The van der Waals surface area contributed by atoms with Gasteiger partial charge in [0.2, 0.25) is 5.91 Å². The van der Waals surface area contributed by atoms with Crippen LogP contribution >= 0.6 is 15.9 Å². The highest BCUT2D eigenvalue weighted by Gasteiger charge is 2.23. The molecule has 0 aromatic heterocycles. The monoisotopic (exact) mass is 313 g/mol. The molecule has 0 saturated heterocycles. The van der Waals surface area contributed by atoms with Crippen molar-refractivity contribution in [2.75, 3.05) is 6.61 Å². The van der Waals surface area contributed by atoms with Crippen molar-refractivity contribution in [1.82, 2.24) is 5.32 Å². The van der Waals surface area contributed by atoms with E-state index in [1.807, 2.05) is 38.1 Å². The Morgan fingerprint density at radius 3 is 2.78 bits per heavy atom. The average Bonchev–Trinajstić information content (AvgIpc) is 2.29. The fraction of sp³-hybridized carbons (Fsp3) is 0.500. The van der Waals surface area contributed by atoms with Crippen molar-refractivity contribution < 1.29 is 9.90 Å². The molecule has 0 aliphatic carbocycles. The highest BCUT2D eigenvalue weighted by atomic mass is 79.9. The van der Waals surface area contributed by atoms with E-state index < -0.39 is 0 Å². The van der Waals surface area contributed by atoms with Crippen LogP contribution < -0.4 is 5.32 Å². The van der Waals surface area contributed by atoms with Crippen molar-refractivity contribution in [3.8, 4) is 0 Å². The summed E-state index contributed by atoms with van der Waals surface area (Å²) in [5, 5.41) is 12.0. The van der Waals surface area contributed by atoms with Gasteiger partial charge in [-0.1, -0.05) is 35.0 Å². The van der Waals surface area contributed by atoms with Crippen LogP contribution in [0.4, 0.5) is 0 Å². The molecule has 0 saturated carbocycles. The Balaban J connectivity index is 2.61. The number of benzene rings is 1. The summed E-state index contributed by atoms with van der Waals surface area (Å²) < 4.78 is 0.974. The zero-order chi connectivity index (χ0) is 13.6. The van der Waals surface area contributed by atoms with Gasteiger partial charge in [0.15, 0.2) is 0 Å². The van der Waals surface area contributed by atoms with Gasteiger partial charge in [-0.15, -0.1) is 0 Å². The molecule has 3 nitrogen and oxygen atoms in total. The van der Waals surface area contributed by atoms with Gasteiger partial charge in [0.1, 0.15) is 0 Å². The summed E-state index contributed by atoms with van der Waals surface area (Å²) in [7, 11) is 0. The van der Waals surface area contributed by atoms with E-state index in [0.29, 0.717) is 12.8 Å². The first-order chi connectivity index (χ1) is 8.49. The Morgan fingerprint density at radius 2 is 2.22 bits per heavy atom. The SMILES string of the molecule is CCC(C)(CCO)NC(=O)Cc1cccc(Br)c1. The molecular formula is C14H20BrNO2. The van der Waals surface area contributed by atoms with Crippen molar-refractivity contribution in [3.05, 3.63) is 34.3 Å². The lowest BCUT2D eigenvalue weighted by Crippen LogP contribution is -2.46. The van der Waals surface area contributed by atoms with E-state index in [1.54, 1.807) is 0 Å². The third kappa shape index (κ3) is 4.78. The molecule has 1 rings (SSSR count). The number of carbonyl (C=O) groups is 1. The summed E-state index contributed by atoms with van der Waals surface area (Å²) in [5.74, 6) is -0.00843. The van der Waals surface area contributed by atoms with E-state index in [4.69, 9.17) is 5.11 Å². The molecule has 1 aromatic rings. The molecule has 18 heavy (non-hydrogen) atoms. The van der Waals surface area contributed by atoms with Crippen LogP contribution in [0.2, 0.25) is 0 Å². The van der Waals surface area contributed by atoms with Crippen LogP contribution in [0.25, 0.3) is 0 Å². The van der Waals surface area contributed by atoms with Crippen LogP contribution in [-0.2, 0) is 11.2 Å². The van der Waals surface area contributed by atoms with Crippen molar-refractivity contribution in [3.63, 3.8) is 0 Å². The maximum Gasteiger partial charge on any atom is 0.224 e. The average molecular weight is 314 g/mol. The zero-order valence-electron chi connectivity index (χ0n) is 10.9. The van der Waals surface area contributed by atoms with E-state index in [9.17, 15) is 4.79 Å². The summed E-state index contributed by atoms with van der Waals surface area (Å²) in [6, 6.07) is 7.72. The van der Waals surface area contributed by atoms with Crippen LogP contribution in [0.3, 0.4) is 0 Å². The molecule has 0 heterocycles. The van der Waals surface area contributed by atoms with Gasteiger partial charge in [0.25, 0.3) is 0 Å². The fourth-order valence-electron chi connectivity index (χ4n) is 1.79. The van der Waals surface area contributed by atoms with Crippen LogP contribution in [0.15, 0.2) is 28.7 Å². The molecule has 1 atom stereocenters. The maximum atomic E-state index is 12.0. The number of hydrogen-bond donors (Lipinski definition) is 2. The number of aliphatic hydroxyl groups is 1. The van der Waals surface area contributed by atoms with Crippen LogP contribution in [0.5, 0.6) is 0 Å². The van der Waals surface area contributed by atoms with Crippen molar-refractivity contribution in [1.29, 1.82) is 0 Å².